The summed E-state index contributed by atoms with van der Waals surface area (Å²) in [6.07, 6.45) is 41.5. The van der Waals surface area contributed by atoms with Crippen LogP contribution in [0.15, 0.2) is 12.2 Å². The van der Waals surface area contributed by atoms with E-state index in [4.69, 9.17) is 0 Å². The molecule has 0 aliphatic carbocycles. The summed E-state index contributed by atoms with van der Waals surface area (Å²) in [6, 6.07) is -0.614. The second kappa shape index (κ2) is 34.6. The van der Waals surface area contributed by atoms with Crippen LogP contribution < -0.4 is 5.32 Å². The third-order valence-electron chi connectivity index (χ3n) is 8.77. The second-order valence-electron chi connectivity index (χ2n) is 13.0. The average molecular weight is 594 g/mol. The minimum atomic E-state index is -0.831. The second-order valence-corrected chi connectivity index (χ2v) is 13.0. The first-order valence-electron chi connectivity index (χ1n) is 18.9. The van der Waals surface area contributed by atoms with E-state index in [1.54, 1.807) is 6.08 Å². The summed E-state index contributed by atoms with van der Waals surface area (Å²) in [6.45, 7) is 4.31. The molecule has 0 saturated heterocycles. The highest BCUT2D eigenvalue weighted by atomic mass is 16.3. The van der Waals surface area contributed by atoms with E-state index in [-0.39, 0.29) is 12.5 Å². The summed E-state index contributed by atoms with van der Waals surface area (Å²) in [7, 11) is 0. The lowest BCUT2D eigenvalue weighted by Crippen LogP contribution is -2.45. The summed E-state index contributed by atoms with van der Waals surface area (Å²) >= 11 is 0. The summed E-state index contributed by atoms with van der Waals surface area (Å²) in [5, 5.41) is 22.9. The minimum absolute atomic E-state index is 0.0622. The molecule has 0 aromatic heterocycles. The fourth-order valence-electron chi connectivity index (χ4n) is 5.82. The van der Waals surface area contributed by atoms with E-state index >= 15 is 0 Å². The zero-order chi connectivity index (χ0) is 30.8. The lowest BCUT2D eigenvalue weighted by molar-refractivity contribution is -0.123. The van der Waals surface area contributed by atoms with Gasteiger partial charge in [0.1, 0.15) is 0 Å². The molecule has 0 aliphatic heterocycles. The molecular formula is C38H75NO3. The van der Waals surface area contributed by atoms with E-state index in [1.807, 2.05) is 6.08 Å². The van der Waals surface area contributed by atoms with Gasteiger partial charge in [-0.3, -0.25) is 4.79 Å². The molecule has 4 heteroatoms. The van der Waals surface area contributed by atoms with Crippen molar-refractivity contribution in [1.82, 2.24) is 5.32 Å². The van der Waals surface area contributed by atoms with Gasteiger partial charge >= 0.3 is 0 Å². The van der Waals surface area contributed by atoms with E-state index in [0.717, 1.165) is 25.7 Å². The van der Waals surface area contributed by atoms with Crippen molar-refractivity contribution in [1.29, 1.82) is 0 Å². The first kappa shape index (κ1) is 41.1. The van der Waals surface area contributed by atoms with Crippen LogP contribution >= 0.6 is 0 Å². The van der Waals surface area contributed by atoms with Gasteiger partial charge in [0.25, 0.3) is 0 Å². The van der Waals surface area contributed by atoms with Crippen LogP contribution in [-0.4, -0.2) is 34.9 Å². The largest absolute Gasteiger partial charge is 0.394 e. The van der Waals surface area contributed by atoms with Crippen LogP contribution in [0.3, 0.4) is 0 Å². The van der Waals surface area contributed by atoms with Gasteiger partial charge in [-0.15, -0.1) is 0 Å². The molecule has 0 radical (unpaired) electrons. The number of aliphatic hydroxyl groups excluding tert-OH is 2. The topological polar surface area (TPSA) is 69.6 Å². The van der Waals surface area contributed by atoms with E-state index in [0.29, 0.717) is 6.42 Å². The molecule has 1 amide bonds. The first-order valence-corrected chi connectivity index (χ1v) is 18.9. The SMILES string of the molecule is CCCCCCCCCCCCC/C=C/[C@H](O)[C@H](CO)NC(=O)CCCCCCCCCCCCCCCCCCC. The Morgan fingerprint density at radius 2 is 0.881 bits per heavy atom. The number of amides is 1. The maximum atomic E-state index is 12.3. The molecule has 250 valence electrons. The third kappa shape index (κ3) is 30.6. The summed E-state index contributed by atoms with van der Waals surface area (Å²) in [5.41, 5.74) is 0. The third-order valence-corrected chi connectivity index (χ3v) is 8.77. The molecule has 0 aromatic carbocycles. The van der Waals surface area contributed by atoms with Crippen molar-refractivity contribution in [3.8, 4) is 0 Å². The van der Waals surface area contributed by atoms with Crippen molar-refractivity contribution in [3.63, 3.8) is 0 Å². The molecule has 0 heterocycles. The van der Waals surface area contributed by atoms with Crippen molar-refractivity contribution in [2.75, 3.05) is 6.61 Å². The number of nitrogens with one attached hydrogen (secondary N) is 1. The van der Waals surface area contributed by atoms with Crippen molar-refractivity contribution in [2.45, 2.75) is 219 Å². The number of hydrogen-bond donors (Lipinski definition) is 3. The Balaban J connectivity index is 3.57. The van der Waals surface area contributed by atoms with Crippen molar-refractivity contribution >= 4 is 5.91 Å². The van der Waals surface area contributed by atoms with E-state index in [2.05, 4.69) is 19.2 Å². The van der Waals surface area contributed by atoms with Gasteiger partial charge in [0, 0.05) is 6.42 Å². The normalized spacial score (nSPS) is 13.1. The first-order chi connectivity index (χ1) is 20.7. The molecule has 0 spiro atoms. The number of aliphatic hydroxyl groups is 2. The van der Waals surface area contributed by atoms with Crippen LogP contribution in [0, 0.1) is 0 Å². The summed E-state index contributed by atoms with van der Waals surface area (Å²) in [4.78, 5) is 12.3. The number of allylic oxidation sites excluding steroid dienone is 1. The highest BCUT2D eigenvalue weighted by molar-refractivity contribution is 5.76. The highest BCUT2D eigenvalue weighted by Crippen LogP contribution is 2.15. The maximum absolute atomic E-state index is 12.3. The molecule has 0 unspecified atom stereocenters. The van der Waals surface area contributed by atoms with Crippen molar-refractivity contribution in [2.24, 2.45) is 0 Å². The predicted octanol–water partition coefficient (Wildman–Crippen LogP) is 11.1. The van der Waals surface area contributed by atoms with Crippen molar-refractivity contribution in [3.05, 3.63) is 12.2 Å². The molecule has 42 heavy (non-hydrogen) atoms. The molecule has 0 fully saturated rings. The number of unbranched alkanes of at least 4 members (excludes halogenated alkanes) is 27. The zero-order valence-electron chi connectivity index (χ0n) is 28.5. The Hall–Kier alpha value is -0.870. The van der Waals surface area contributed by atoms with Crippen molar-refractivity contribution < 1.29 is 15.0 Å². The number of carbonyl (C=O) groups excluding carboxylic acids is 1. The van der Waals surface area contributed by atoms with Gasteiger partial charge in [0.05, 0.1) is 18.8 Å². The minimum Gasteiger partial charge on any atom is -0.394 e. The number of carbonyl (C=O) groups is 1. The Morgan fingerprint density at radius 3 is 1.24 bits per heavy atom. The molecule has 0 bridgehead atoms. The molecule has 2 atom stereocenters. The number of rotatable bonds is 34. The molecule has 0 rings (SSSR count). The van der Waals surface area contributed by atoms with Gasteiger partial charge < -0.3 is 15.5 Å². The Morgan fingerprint density at radius 1 is 0.548 bits per heavy atom. The average Bonchev–Trinajstić information content (AvgIpc) is 2.99. The zero-order valence-corrected chi connectivity index (χ0v) is 28.5. The summed E-state index contributed by atoms with van der Waals surface area (Å²) < 4.78 is 0. The van der Waals surface area contributed by atoms with Crippen LogP contribution in [0.2, 0.25) is 0 Å². The van der Waals surface area contributed by atoms with Gasteiger partial charge in [0.15, 0.2) is 0 Å². The fourth-order valence-corrected chi connectivity index (χ4v) is 5.82. The predicted molar refractivity (Wildman–Crippen MR) is 184 cm³/mol. The van der Waals surface area contributed by atoms with E-state index < -0.39 is 12.1 Å². The molecule has 0 saturated carbocycles. The lowest BCUT2D eigenvalue weighted by atomic mass is 10.0. The van der Waals surface area contributed by atoms with Gasteiger partial charge in [0.2, 0.25) is 5.91 Å². The molecular weight excluding hydrogens is 518 g/mol. The number of hydrogen-bond acceptors (Lipinski definition) is 3. The highest BCUT2D eigenvalue weighted by Gasteiger charge is 2.17. The smallest absolute Gasteiger partial charge is 0.220 e. The maximum Gasteiger partial charge on any atom is 0.220 e. The summed E-state index contributed by atoms with van der Waals surface area (Å²) in [5.74, 6) is -0.0622. The Bertz CT molecular complexity index is 565. The van der Waals surface area contributed by atoms with Crippen LogP contribution in [0.5, 0.6) is 0 Å². The Kier molecular flexibility index (Phi) is 33.9. The quantitative estimate of drug-likeness (QED) is 0.0513. The Labute approximate surface area is 263 Å². The van der Waals surface area contributed by atoms with Gasteiger partial charge in [-0.05, 0) is 19.3 Å². The van der Waals surface area contributed by atoms with Crippen LogP contribution in [-0.2, 0) is 4.79 Å². The van der Waals surface area contributed by atoms with E-state index in [9.17, 15) is 15.0 Å². The van der Waals surface area contributed by atoms with Gasteiger partial charge in [-0.2, -0.15) is 0 Å². The van der Waals surface area contributed by atoms with Crippen LogP contribution in [0.1, 0.15) is 206 Å². The standard InChI is InChI=1S/C38H75NO3/c1-3-5-7-9-11-13-15-17-18-19-20-22-24-26-28-30-32-34-38(42)39-36(35-40)37(41)33-31-29-27-25-23-21-16-14-12-10-8-6-4-2/h31,33,36-37,40-41H,3-30,32,34-35H2,1-2H3,(H,39,42)/b33-31+/t36-,37-/m0/s1. The van der Waals surface area contributed by atoms with Gasteiger partial charge in [-0.25, -0.2) is 0 Å². The molecule has 0 aromatic rings. The van der Waals surface area contributed by atoms with Crippen LogP contribution in [0.25, 0.3) is 0 Å². The molecule has 3 N–H and O–H groups in total. The van der Waals surface area contributed by atoms with E-state index in [1.165, 1.54) is 161 Å². The van der Waals surface area contributed by atoms with Crippen LogP contribution in [0.4, 0.5) is 0 Å². The monoisotopic (exact) mass is 594 g/mol. The molecule has 4 nitrogen and oxygen atoms in total. The van der Waals surface area contributed by atoms with Gasteiger partial charge in [-0.1, -0.05) is 193 Å². The molecule has 0 aliphatic rings. The lowest BCUT2D eigenvalue weighted by Gasteiger charge is -2.20. The fraction of sp³-hybridized carbons (Fsp3) is 0.921.